The van der Waals surface area contributed by atoms with Crippen LogP contribution >= 0.6 is 0 Å². The van der Waals surface area contributed by atoms with E-state index in [1.807, 2.05) is 22.9 Å². The number of amides is 1. The fraction of sp³-hybridized carbons (Fsp3) is 0.667. The van der Waals surface area contributed by atoms with Crippen molar-refractivity contribution >= 4 is 5.91 Å². The lowest BCUT2D eigenvalue weighted by molar-refractivity contribution is 0.0910. The largest absolute Gasteiger partial charge is 0.383 e. The third-order valence-corrected chi connectivity index (χ3v) is 4.00. The molecule has 5 heteroatoms. The van der Waals surface area contributed by atoms with E-state index in [0.717, 1.165) is 13.1 Å². The van der Waals surface area contributed by atoms with Crippen molar-refractivity contribution < 1.29 is 9.53 Å². The molecule has 1 amide bonds. The minimum Gasteiger partial charge on any atom is -0.383 e. The Balaban J connectivity index is 1.92. The maximum atomic E-state index is 12.3. The van der Waals surface area contributed by atoms with Crippen LogP contribution in [0.1, 0.15) is 30.3 Å². The second kappa shape index (κ2) is 7.45. The van der Waals surface area contributed by atoms with Crippen LogP contribution in [0.5, 0.6) is 0 Å². The monoisotopic (exact) mass is 279 g/mol. The molecule has 2 unspecified atom stereocenters. The van der Waals surface area contributed by atoms with E-state index < -0.39 is 0 Å². The average molecular weight is 279 g/mol. The Morgan fingerprint density at radius 1 is 1.65 bits per heavy atom. The molecule has 2 rings (SSSR count). The van der Waals surface area contributed by atoms with E-state index in [0.29, 0.717) is 24.8 Å². The molecule has 0 saturated carbocycles. The number of hydrogen-bond acceptors (Lipinski definition) is 3. The molecular weight excluding hydrogens is 254 g/mol. The SMILES string of the molecule is COCCn1cccc1C(=O)NC(C)C1CCCNC1. The molecule has 2 atom stereocenters. The van der Waals surface area contributed by atoms with Gasteiger partial charge in [-0.15, -0.1) is 0 Å². The third kappa shape index (κ3) is 3.84. The Bertz CT molecular complexity index is 425. The molecule has 1 aliphatic heterocycles. The zero-order chi connectivity index (χ0) is 14.4. The van der Waals surface area contributed by atoms with Gasteiger partial charge in [0.2, 0.25) is 0 Å². The first-order valence-corrected chi connectivity index (χ1v) is 7.38. The van der Waals surface area contributed by atoms with Crippen molar-refractivity contribution in [1.29, 1.82) is 0 Å². The zero-order valence-electron chi connectivity index (χ0n) is 12.4. The van der Waals surface area contributed by atoms with E-state index in [9.17, 15) is 4.79 Å². The molecule has 112 valence electrons. The Labute approximate surface area is 120 Å². The predicted octanol–water partition coefficient (Wildman–Crippen LogP) is 1.25. The number of piperidine rings is 1. The van der Waals surface area contributed by atoms with Crippen LogP contribution < -0.4 is 10.6 Å². The van der Waals surface area contributed by atoms with Crippen molar-refractivity contribution in [1.82, 2.24) is 15.2 Å². The number of carbonyl (C=O) groups is 1. The molecule has 1 aliphatic rings. The lowest BCUT2D eigenvalue weighted by atomic mass is 9.93. The van der Waals surface area contributed by atoms with Gasteiger partial charge in [-0.25, -0.2) is 0 Å². The van der Waals surface area contributed by atoms with E-state index in [1.165, 1.54) is 12.8 Å². The quantitative estimate of drug-likeness (QED) is 0.824. The van der Waals surface area contributed by atoms with Crippen molar-refractivity contribution in [3.05, 3.63) is 24.0 Å². The molecule has 20 heavy (non-hydrogen) atoms. The molecule has 1 saturated heterocycles. The van der Waals surface area contributed by atoms with Crippen LogP contribution in [0.15, 0.2) is 18.3 Å². The first-order chi connectivity index (χ1) is 9.72. The number of nitrogens with one attached hydrogen (secondary N) is 2. The summed E-state index contributed by atoms with van der Waals surface area (Å²) in [5.41, 5.74) is 0.706. The molecular formula is C15H25N3O2. The summed E-state index contributed by atoms with van der Waals surface area (Å²) in [6.07, 6.45) is 4.29. The molecule has 0 spiro atoms. The number of aromatic nitrogens is 1. The van der Waals surface area contributed by atoms with Gasteiger partial charge in [0.05, 0.1) is 6.61 Å². The molecule has 1 aromatic heterocycles. The molecule has 1 fully saturated rings. The summed E-state index contributed by atoms with van der Waals surface area (Å²) < 4.78 is 7.00. The average Bonchev–Trinajstić information content (AvgIpc) is 2.94. The van der Waals surface area contributed by atoms with Crippen molar-refractivity contribution in [3.63, 3.8) is 0 Å². The highest BCUT2D eigenvalue weighted by atomic mass is 16.5. The number of carbonyl (C=O) groups excluding carboxylic acids is 1. The summed E-state index contributed by atoms with van der Waals surface area (Å²) in [7, 11) is 1.67. The van der Waals surface area contributed by atoms with Gasteiger partial charge in [-0.2, -0.15) is 0 Å². The number of hydrogen-bond donors (Lipinski definition) is 2. The van der Waals surface area contributed by atoms with E-state index in [4.69, 9.17) is 4.74 Å². The van der Waals surface area contributed by atoms with Crippen LogP contribution in [-0.4, -0.2) is 43.3 Å². The van der Waals surface area contributed by atoms with Crippen LogP contribution in [0.2, 0.25) is 0 Å². The summed E-state index contributed by atoms with van der Waals surface area (Å²) in [5.74, 6) is 0.527. The minimum atomic E-state index is 0.00387. The van der Waals surface area contributed by atoms with Crippen LogP contribution in [0.3, 0.4) is 0 Å². The van der Waals surface area contributed by atoms with Gasteiger partial charge in [0, 0.05) is 25.9 Å². The first-order valence-electron chi connectivity index (χ1n) is 7.38. The van der Waals surface area contributed by atoms with Gasteiger partial charge in [0.1, 0.15) is 5.69 Å². The van der Waals surface area contributed by atoms with Crippen molar-refractivity contribution in [2.24, 2.45) is 5.92 Å². The predicted molar refractivity (Wildman–Crippen MR) is 78.8 cm³/mol. The maximum absolute atomic E-state index is 12.3. The first kappa shape index (κ1) is 15.1. The number of rotatable bonds is 6. The van der Waals surface area contributed by atoms with Crippen molar-refractivity contribution in [3.8, 4) is 0 Å². The lowest BCUT2D eigenvalue weighted by Gasteiger charge is -2.29. The standard InChI is InChI=1S/C15H25N3O2/c1-12(13-5-3-7-16-11-13)17-15(19)14-6-4-8-18(14)9-10-20-2/h4,6,8,12-13,16H,3,5,7,9-11H2,1-2H3,(H,17,19). The summed E-state index contributed by atoms with van der Waals surface area (Å²) in [4.78, 5) is 12.3. The second-order valence-electron chi connectivity index (χ2n) is 5.45. The number of methoxy groups -OCH3 is 1. The Kier molecular flexibility index (Phi) is 5.61. The van der Waals surface area contributed by atoms with Gasteiger partial charge in [0.15, 0.2) is 0 Å². The minimum absolute atomic E-state index is 0.00387. The van der Waals surface area contributed by atoms with Gasteiger partial charge >= 0.3 is 0 Å². The summed E-state index contributed by atoms with van der Waals surface area (Å²) in [6, 6.07) is 3.95. The van der Waals surface area contributed by atoms with Crippen molar-refractivity contribution in [2.45, 2.75) is 32.4 Å². The molecule has 2 N–H and O–H groups in total. The molecule has 0 radical (unpaired) electrons. The van der Waals surface area contributed by atoms with Gasteiger partial charge in [-0.1, -0.05) is 0 Å². The smallest absolute Gasteiger partial charge is 0.268 e. The van der Waals surface area contributed by atoms with Gasteiger partial charge in [-0.3, -0.25) is 4.79 Å². The summed E-state index contributed by atoms with van der Waals surface area (Å²) >= 11 is 0. The molecule has 1 aromatic rings. The van der Waals surface area contributed by atoms with Crippen LogP contribution in [0.4, 0.5) is 0 Å². The van der Waals surface area contributed by atoms with E-state index in [2.05, 4.69) is 17.6 Å². The normalized spacial score (nSPS) is 20.6. The van der Waals surface area contributed by atoms with Crippen LogP contribution in [0, 0.1) is 5.92 Å². The van der Waals surface area contributed by atoms with Gasteiger partial charge < -0.3 is 19.9 Å². The van der Waals surface area contributed by atoms with E-state index in [1.54, 1.807) is 7.11 Å². The van der Waals surface area contributed by atoms with Crippen LogP contribution in [-0.2, 0) is 11.3 Å². The fourth-order valence-corrected chi connectivity index (χ4v) is 2.71. The second-order valence-corrected chi connectivity index (χ2v) is 5.45. The Morgan fingerprint density at radius 2 is 2.50 bits per heavy atom. The molecule has 0 aliphatic carbocycles. The number of nitrogens with zero attached hydrogens (tertiary/aromatic N) is 1. The van der Waals surface area contributed by atoms with Crippen LogP contribution in [0.25, 0.3) is 0 Å². The van der Waals surface area contributed by atoms with E-state index in [-0.39, 0.29) is 11.9 Å². The molecule has 0 bridgehead atoms. The van der Waals surface area contributed by atoms with Crippen molar-refractivity contribution in [2.75, 3.05) is 26.8 Å². The highest BCUT2D eigenvalue weighted by Crippen LogP contribution is 2.14. The Hall–Kier alpha value is -1.33. The zero-order valence-corrected chi connectivity index (χ0v) is 12.4. The number of ether oxygens (including phenoxy) is 1. The highest BCUT2D eigenvalue weighted by molar-refractivity contribution is 5.92. The molecule has 5 nitrogen and oxygen atoms in total. The third-order valence-electron chi connectivity index (χ3n) is 4.00. The van der Waals surface area contributed by atoms with Gasteiger partial charge in [-0.05, 0) is 50.9 Å². The molecule has 2 heterocycles. The van der Waals surface area contributed by atoms with Gasteiger partial charge in [0.25, 0.3) is 5.91 Å². The summed E-state index contributed by atoms with van der Waals surface area (Å²) in [6.45, 7) is 5.49. The highest BCUT2D eigenvalue weighted by Gasteiger charge is 2.22. The summed E-state index contributed by atoms with van der Waals surface area (Å²) in [5, 5.41) is 6.52. The molecule has 0 aromatic carbocycles. The topological polar surface area (TPSA) is 55.3 Å². The van der Waals surface area contributed by atoms with E-state index >= 15 is 0 Å². The lowest BCUT2D eigenvalue weighted by Crippen LogP contribution is -2.45. The fourth-order valence-electron chi connectivity index (χ4n) is 2.71. The Morgan fingerprint density at radius 3 is 3.20 bits per heavy atom. The maximum Gasteiger partial charge on any atom is 0.268 e.